The number of sulfonamides is 1. The van der Waals surface area contributed by atoms with Gasteiger partial charge in [0.05, 0.1) is 24.9 Å². The lowest BCUT2D eigenvalue weighted by Gasteiger charge is -2.14. The van der Waals surface area contributed by atoms with E-state index in [1.165, 1.54) is 0 Å². The molecule has 0 aromatic heterocycles. The quantitative estimate of drug-likeness (QED) is 0.512. The smallest absolute Gasteiger partial charge is 0.243 e. The van der Waals surface area contributed by atoms with Gasteiger partial charge in [0, 0.05) is 0 Å². The summed E-state index contributed by atoms with van der Waals surface area (Å²) in [6.07, 6.45) is 0. The van der Waals surface area contributed by atoms with E-state index in [0.29, 0.717) is 0 Å². The Kier molecular flexibility index (Phi) is 4.40. The zero-order valence-corrected chi connectivity index (χ0v) is 9.61. The van der Waals surface area contributed by atoms with Gasteiger partial charge < -0.3 is 15.9 Å². The zero-order valence-electron chi connectivity index (χ0n) is 8.80. The number of nitrogens with one attached hydrogen (secondary N) is 1. The molecule has 0 aliphatic rings. The highest BCUT2D eigenvalue weighted by Crippen LogP contribution is 2.19. The average Bonchev–Trinajstić information content (AvgIpc) is 2.25. The molecule has 1 rings (SSSR count). The monoisotopic (exact) mass is 264 g/mol. The molecule has 0 aliphatic carbocycles. The summed E-state index contributed by atoms with van der Waals surface area (Å²) in [7, 11) is -3.99. The van der Waals surface area contributed by atoms with Gasteiger partial charge in [-0.1, -0.05) is 0 Å². The first-order chi connectivity index (χ1) is 7.90. The highest BCUT2D eigenvalue weighted by molar-refractivity contribution is 7.89. The fourth-order valence-electron chi connectivity index (χ4n) is 1.18. The van der Waals surface area contributed by atoms with Gasteiger partial charge in [-0.25, -0.2) is 17.5 Å². The van der Waals surface area contributed by atoms with Gasteiger partial charge in [0.1, 0.15) is 10.7 Å². The Morgan fingerprint density at radius 1 is 1.35 bits per heavy atom. The molecule has 0 fully saturated rings. The van der Waals surface area contributed by atoms with E-state index in [2.05, 4.69) is 0 Å². The first kappa shape index (κ1) is 13.8. The van der Waals surface area contributed by atoms with E-state index < -0.39 is 35.1 Å². The molecule has 0 heterocycles. The number of rotatable bonds is 5. The number of halogens is 1. The second-order valence-corrected chi connectivity index (χ2v) is 5.05. The Balaban J connectivity index is 3.05. The Morgan fingerprint density at radius 3 is 2.41 bits per heavy atom. The van der Waals surface area contributed by atoms with Crippen LogP contribution < -0.4 is 10.5 Å². The number of nitrogen functional groups attached to an aromatic ring is 1. The van der Waals surface area contributed by atoms with E-state index in [-0.39, 0.29) is 10.6 Å². The van der Waals surface area contributed by atoms with E-state index in [1.54, 1.807) is 0 Å². The van der Waals surface area contributed by atoms with Crippen LogP contribution in [0.5, 0.6) is 0 Å². The van der Waals surface area contributed by atoms with Crippen LogP contribution >= 0.6 is 0 Å². The molecular formula is C9H13FN2O4S. The van der Waals surface area contributed by atoms with Crippen molar-refractivity contribution >= 4 is 15.7 Å². The number of hydrogen-bond acceptors (Lipinski definition) is 5. The van der Waals surface area contributed by atoms with Crippen molar-refractivity contribution in [1.29, 1.82) is 0 Å². The third-order valence-electron chi connectivity index (χ3n) is 2.02. The first-order valence-electron chi connectivity index (χ1n) is 4.69. The summed E-state index contributed by atoms with van der Waals surface area (Å²) in [5.74, 6) is -0.651. The molecule has 0 amide bonds. The third kappa shape index (κ3) is 3.37. The molecule has 1 aromatic rings. The predicted octanol–water partition coefficient (Wildman–Crippen LogP) is -0.961. The lowest BCUT2D eigenvalue weighted by Crippen LogP contribution is -2.40. The largest absolute Gasteiger partial charge is 0.398 e. The van der Waals surface area contributed by atoms with E-state index >= 15 is 0 Å². The summed E-state index contributed by atoms with van der Waals surface area (Å²) >= 11 is 0. The highest BCUT2D eigenvalue weighted by Gasteiger charge is 2.21. The van der Waals surface area contributed by atoms with Gasteiger partial charge in [-0.05, 0) is 18.2 Å². The van der Waals surface area contributed by atoms with E-state index in [4.69, 9.17) is 15.9 Å². The molecule has 5 N–H and O–H groups in total. The molecule has 0 bridgehead atoms. The predicted molar refractivity (Wildman–Crippen MR) is 59.1 cm³/mol. The van der Waals surface area contributed by atoms with Crippen LogP contribution in [-0.4, -0.2) is 37.9 Å². The van der Waals surface area contributed by atoms with Gasteiger partial charge in [-0.2, -0.15) is 0 Å². The van der Waals surface area contributed by atoms with Crippen LogP contribution in [0.25, 0.3) is 0 Å². The molecule has 0 aliphatic heterocycles. The van der Waals surface area contributed by atoms with Crippen molar-refractivity contribution in [2.24, 2.45) is 0 Å². The van der Waals surface area contributed by atoms with Crippen LogP contribution in [0, 0.1) is 5.82 Å². The van der Waals surface area contributed by atoms with Gasteiger partial charge in [0.2, 0.25) is 10.0 Å². The lowest BCUT2D eigenvalue weighted by atomic mass is 10.3. The molecule has 0 saturated carbocycles. The summed E-state index contributed by atoms with van der Waals surface area (Å²) in [6.45, 7) is -1.12. The topological polar surface area (TPSA) is 113 Å². The maximum Gasteiger partial charge on any atom is 0.243 e. The molecule has 0 atom stereocenters. The number of aliphatic hydroxyl groups is 2. The van der Waals surface area contributed by atoms with Crippen molar-refractivity contribution in [1.82, 2.24) is 4.72 Å². The number of anilines is 1. The maximum atomic E-state index is 12.8. The summed E-state index contributed by atoms with van der Waals surface area (Å²) in [5.41, 5.74) is 5.14. The van der Waals surface area contributed by atoms with E-state index in [9.17, 15) is 12.8 Å². The Bertz CT molecular complexity index is 488. The highest BCUT2D eigenvalue weighted by atomic mass is 32.2. The van der Waals surface area contributed by atoms with E-state index in [0.717, 1.165) is 18.2 Å². The SMILES string of the molecule is Nc1cc(F)ccc1S(=O)(=O)NC(CO)CO. The second kappa shape index (κ2) is 5.41. The lowest BCUT2D eigenvalue weighted by molar-refractivity contribution is 0.185. The summed E-state index contributed by atoms with van der Waals surface area (Å²) in [6, 6.07) is 1.82. The van der Waals surface area contributed by atoms with Crippen molar-refractivity contribution in [3.63, 3.8) is 0 Å². The fourth-order valence-corrected chi connectivity index (χ4v) is 2.51. The van der Waals surface area contributed by atoms with Gasteiger partial charge in [-0.15, -0.1) is 0 Å². The van der Waals surface area contributed by atoms with Crippen molar-refractivity contribution < 1.29 is 23.0 Å². The molecule has 8 heteroatoms. The number of aliphatic hydroxyl groups excluding tert-OH is 2. The van der Waals surface area contributed by atoms with Crippen LogP contribution in [0.3, 0.4) is 0 Å². The van der Waals surface area contributed by atoms with Crippen LogP contribution in [0.4, 0.5) is 10.1 Å². The molecule has 0 spiro atoms. The Labute approximate surface area is 97.9 Å². The van der Waals surface area contributed by atoms with Crippen LogP contribution in [-0.2, 0) is 10.0 Å². The minimum absolute atomic E-state index is 0.243. The number of nitrogens with two attached hydrogens (primary N) is 1. The standard InChI is InChI=1S/C9H13FN2O4S/c10-6-1-2-9(8(11)3-6)17(15,16)12-7(4-13)5-14/h1-3,7,12-14H,4-5,11H2. The Morgan fingerprint density at radius 2 is 1.94 bits per heavy atom. The molecular weight excluding hydrogens is 251 g/mol. The van der Waals surface area contributed by atoms with E-state index in [1.807, 2.05) is 4.72 Å². The van der Waals surface area contributed by atoms with Crippen molar-refractivity contribution in [3.8, 4) is 0 Å². The third-order valence-corrected chi connectivity index (χ3v) is 3.62. The minimum atomic E-state index is -3.99. The van der Waals surface area contributed by atoms with Crippen molar-refractivity contribution in [2.45, 2.75) is 10.9 Å². The van der Waals surface area contributed by atoms with Crippen LogP contribution in [0.15, 0.2) is 23.1 Å². The summed E-state index contributed by atoms with van der Waals surface area (Å²) in [5, 5.41) is 17.5. The van der Waals surface area contributed by atoms with Crippen molar-refractivity contribution in [3.05, 3.63) is 24.0 Å². The average molecular weight is 264 g/mol. The summed E-state index contributed by atoms with van der Waals surface area (Å²) in [4.78, 5) is -0.300. The Hall–Kier alpha value is -1.22. The van der Waals surface area contributed by atoms with Gasteiger partial charge in [0.25, 0.3) is 0 Å². The number of benzene rings is 1. The second-order valence-electron chi connectivity index (χ2n) is 3.37. The molecule has 6 nitrogen and oxygen atoms in total. The van der Waals surface area contributed by atoms with Crippen LogP contribution in [0.2, 0.25) is 0 Å². The van der Waals surface area contributed by atoms with Gasteiger partial charge >= 0.3 is 0 Å². The molecule has 96 valence electrons. The van der Waals surface area contributed by atoms with Gasteiger partial charge in [0.15, 0.2) is 0 Å². The normalized spacial score (nSPS) is 12.0. The molecule has 1 aromatic carbocycles. The maximum absolute atomic E-state index is 12.8. The van der Waals surface area contributed by atoms with Crippen LogP contribution in [0.1, 0.15) is 0 Å². The molecule has 0 radical (unpaired) electrons. The fraction of sp³-hybridized carbons (Fsp3) is 0.333. The molecule has 0 saturated heterocycles. The van der Waals surface area contributed by atoms with Gasteiger partial charge in [-0.3, -0.25) is 0 Å². The molecule has 17 heavy (non-hydrogen) atoms. The minimum Gasteiger partial charge on any atom is -0.398 e. The first-order valence-corrected chi connectivity index (χ1v) is 6.18. The number of hydrogen-bond donors (Lipinski definition) is 4. The summed E-state index contributed by atoms with van der Waals surface area (Å²) < 4.78 is 38.3. The van der Waals surface area contributed by atoms with Crippen molar-refractivity contribution in [2.75, 3.05) is 18.9 Å². The molecule has 0 unspecified atom stereocenters. The zero-order chi connectivity index (χ0) is 13.1.